The molecule has 2 aromatic rings. The number of para-hydroxylation sites is 1. The van der Waals surface area contributed by atoms with Crippen LogP contribution in [0.4, 0.5) is 0 Å². The fraction of sp³-hybridized carbons (Fsp3) is 0.350. The van der Waals surface area contributed by atoms with Crippen molar-refractivity contribution in [3.05, 3.63) is 64.6 Å². The Morgan fingerprint density at radius 2 is 1.69 bits per heavy atom. The summed E-state index contributed by atoms with van der Waals surface area (Å²) in [5, 5.41) is 10.2. The van der Waals surface area contributed by atoms with E-state index < -0.39 is 6.10 Å². The number of aliphatic hydroxyl groups is 1. The number of carbonyl (C=O) groups excluding carboxylic acids is 1. The largest absolute Gasteiger partial charge is 0.491 e. The molecule has 0 unspecified atom stereocenters. The number of hydrogen-bond donors (Lipinski definition) is 1. The Bertz CT molecular complexity index is 701. The van der Waals surface area contributed by atoms with Gasteiger partial charge in [0, 0.05) is 42.8 Å². The maximum atomic E-state index is 12.5. The molecule has 0 aromatic heterocycles. The molecule has 1 fully saturated rings. The van der Waals surface area contributed by atoms with Crippen LogP contribution in [0, 0.1) is 0 Å². The monoisotopic (exact) mass is 418 g/mol. The van der Waals surface area contributed by atoms with Gasteiger partial charge in [-0.3, -0.25) is 9.69 Å². The highest BCUT2D eigenvalue weighted by molar-refractivity contribution is 9.10. The van der Waals surface area contributed by atoms with Crippen molar-refractivity contribution in [1.29, 1.82) is 0 Å². The summed E-state index contributed by atoms with van der Waals surface area (Å²) in [6, 6.07) is 16.9. The topological polar surface area (TPSA) is 53.0 Å². The average molecular weight is 419 g/mol. The van der Waals surface area contributed by atoms with E-state index in [1.54, 1.807) is 0 Å². The third-order valence-corrected chi connectivity index (χ3v) is 4.93. The molecule has 0 aliphatic carbocycles. The molecule has 0 spiro atoms. The van der Waals surface area contributed by atoms with E-state index in [4.69, 9.17) is 4.74 Å². The van der Waals surface area contributed by atoms with Crippen LogP contribution in [0.1, 0.15) is 10.4 Å². The van der Waals surface area contributed by atoms with Crippen molar-refractivity contribution >= 4 is 21.8 Å². The molecule has 1 heterocycles. The first-order valence-electron chi connectivity index (χ1n) is 8.75. The molecule has 1 aliphatic heterocycles. The average Bonchev–Trinajstić information content (AvgIpc) is 2.68. The van der Waals surface area contributed by atoms with Crippen LogP contribution in [-0.2, 0) is 0 Å². The van der Waals surface area contributed by atoms with Crippen LogP contribution in [0.15, 0.2) is 59.1 Å². The molecule has 1 atom stereocenters. The van der Waals surface area contributed by atoms with E-state index >= 15 is 0 Å². The van der Waals surface area contributed by atoms with Gasteiger partial charge in [0.2, 0.25) is 0 Å². The number of ether oxygens (including phenoxy) is 1. The van der Waals surface area contributed by atoms with Gasteiger partial charge in [-0.1, -0.05) is 34.1 Å². The molecule has 1 N–H and O–H groups in total. The van der Waals surface area contributed by atoms with Gasteiger partial charge < -0.3 is 14.7 Å². The van der Waals surface area contributed by atoms with Crippen LogP contribution in [0.3, 0.4) is 0 Å². The van der Waals surface area contributed by atoms with Gasteiger partial charge in [-0.05, 0) is 36.4 Å². The van der Waals surface area contributed by atoms with Crippen LogP contribution in [0.5, 0.6) is 5.75 Å². The Kier molecular flexibility index (Phi) is 6.66. The maximum Gasteiger partial charge on any atom is 0.253 e. The first-order valence-corrected chi connectivity index (χ1v) is 9.54. The van der Waals surface area contributed by atoms with Crippen molar-refractivity contribution < 1.29 is 14.6 Å². The molecule has 1 aliphatic rings. The van der Waals surface area contributed by atoms with Crippen molar-refractivity contribution in [2.24, 2.45) is 0 Å². The standard InChI is InChI=1S/C20H23BrN2O3/c21-17-8-6-16(7-9-17)20(25)23-12-10-22(11-13-23)14-18(24)15-26-19-4-2-1-3-5-19/h1-9,18,24H,10-15H2/t18-/m0/s1. The summed E-state index contributed by atoms with van der Waals surface area (Å²) < 4.78 is 6.55. The molecular formula is C20H23BrN2O3. The number of aliphatic hydroxyl groups excluding tert-OH is 1. The molecule has 3 rings (SSSR count). The number of hydrogen-bond acceptors (Lipinski definition) is 4. The van der Waals surface area contributed by atoms with Crippen LogP contribution in [-0.4, -0.2) is 66.2 Å². The summed E-state index contributed by atoms with van der Waals surface area (Å²) in [7, 11) is 0. The number of carbonyl (C=O) groups is 1. The van der Waals surface area contributed by atoms with E-state index in [0.717, 1.165) is 23.3 Å². The van der Waals surface area contributed by atoms with E-state index in [0.29, 0.717) is 25.2 Å². The molecule has 26 heavy (non-hydrogen) atoms. The van der Waals surface area contributed by atoms with Gasteiger partial charge >= 0.3 is 0 Å². The molecule has 2 aromatic carbocycles. The predicted octanol–water partition coefficient (Wildman–Crippen LogP) is 2.65. The summed E-state index contributed by atoms with van der Waals surface area (Å²) in [6.07, 6.45) is -0.552. The Morgan fingerprint density at radius 1 is 1.04 bits per heavy atom. The molecule has 5 nitrogen and oxygen atoms in total. The van der Waals surface area contributed by atoms with Crippen LogP contribution >= 0.6 is 15.9 Å². The van der Waals surface area contributed by atoms with Gasteiger partial charge in [0.25, 0.3) is 5.91 Å². The van der Waals surface area contributed by atoms with Crippen molar-refractivity contribution in [2.45, 2.75) is 6.10 Å². The number of β-amino-alcohol motifs (C(OH)–C–C–N with tert-alkyl or cyclic N) is 1. The molecule has 1 amide bonds. The zero-order valence-corrected chi connectivity index (χ0v) is 16.1. The van der Waals surface area contributed by atoms with Gasteiger partial charge in [0.15, 0.2) is 0 Å². The molecule has 0 radical (unpaired) electrons. The van der Waals surface area contributed by atoms with Gasteiger partial charge in [0.05, 0.1) is 0 Å². The lowest BCUT2D eigenvalue weighted by molar-refractivity contribution is 0.0403. The number of nitrogens with zero attached hydrogens (tertiary/aromatic N) is 2. The minimum absolute atomic E-state index is 0.0603. The van der Waals surface area contributed by atoms with Gasteiger partial charge in [-0.15, -0.1) is 0 Å². The van der Waals surface area contributed by atoms with Gasteiger partial charge in [0.1, 0.15) is 18.5 Å². The van der Waals surface area contributed by atoms with Crippen molar-refractivity contribution in [3.63, 3.8) is 0 Å². The smallest absolute Gasteiger partial charge is 0.253 e. The van der Waals surface area contributed by atoms with E-state index in [2.05, 4.69) is 20.8 Å². The van der Waals surface area contributed by atoms with Crippen molar-refractivity contribution in [1.82, 2.24) is 9.80 Å². The lowest BCUT2D eigenvalue weighted by atomic mass is 10.2. The Balaban J connectivity index is 1.41. The van der Waals surface area contributed by atoms with Crippen molar-refractivity contribution in [2.75, 3.05) is 39.3 Å². The fourth-order valence-corrected chi connectivity index (χ4v) is 3.23. The molecule has 1 saturated heterocycles. The Morgan fingerprint density at radius 3 is 2.35 bits per heavy atom. The number of amides is 1. The summed E-state index contributed by atoms with van der Waals surface area (Å²) in [4.78, 5) is 16.6. The SMILES string of the molecule is O=C(c1ccc(Br)cc1)N1CCN(C[C@H](O)COc2ccccc2)CC1. The second kappa shape index (κ2) is 9.16. The summed E-state index contributed by atoms with van der Waals surface area (Å²) >= 11 is 3.38. The molecule has 6 heteroatoms. The van der Waals surface area contributed by atoms with Crippen LogP contribution < -0.4 is 4.74 Å². The van der Waals surface area contributed by atoms with Gasteiger partial charge in [-0.2, -0.15) is 0 Å². The lowest BCUT2D eigenvalue weighted by Crippen LogP contribution is -2.50. The van der Waals surface area contributed by atoms with Gasteiger partial charge in [-0.25, -0.2) is 0 Å². The summed E-state index contributed by atoms with van der Waals surface area (Å²) in [5.74, 6) is 0.821. The maximum absolute atomic E-state index is 12.5. The number of benzene rings is 2. The van der Waals surface area contributed by atoms with Crippen LogP contribution in [0.25, 0.3) is 0 Å². The normalized spacial score (nSPS) is 16.3. The number of halogens is 1. The highest BCUT2D eigenvalue weighted by Gasteiger charge is 2.23. The fourth-order valence-electron chi connectivity index (χ4n) is 2.97. The Hall–Kier alpha value is -1.89. The summed E-state index contributed by atoms with van der Waals surface area (Å²) in [5.41, 5.74) is 0.706. The third-order valence-electron chi connectivity index (χ3n) is 4.41. The number of rotatable bonds is 6. The zero-order valence-electron chi connectivity index (χ0n) is 14.6. The molecular weight excluding hydrogens is 396 g/mol. The predicted molar refractivity (Wildman–Crippen MR) is 104 cm³/mol. The van der Waals surface area contributed by atoms with Crippen LogP contribution in [0.2, 0.25) is 0 Å². The Labute approximate surface area is 162 Å². The van der Waals surface area contributed by atoms with Crippen molar-refractivity contribution in [3.8, 4) is 5.75 Å². The third kappa shape index (κ3) is 5.30. The molecule has 138 valence electrons. The molecule has 0 bridgehead atoms. The van der Waals surface area contributed by atoms with E-state index in [-0.39, 0.29) is 12.5 Å². The second-order valence-electron chi connectivity index (χ2n) is 6.38. The zero-order chi connectivity index (χ0) is 18.4. The van der Waals surface area contributed by atoms with E-state index in [1.807, 2.05) is 59.5 Å². The lowest BCUT2D eigenvalue weighted by Gasteiger charge is -2.35. The minimum atomic E-state index is -0.552. The van der Waals surface area contributed by atoms with E-state index in [9.17, 15) is 9.90 Å². The first-order chi connectivity index (χ1) is 12.6. The minimum Gasteiger partial charge on any atom is -0.491 e. The van der Waals surface area contributed by atoms with E-state index in [1.165, 1.54) is 0 Å². The second-order valence-corrected chi connectivity index (χ2v) is 7.29. The first kappa shape index (κ1) is 18.9. The number of piperazine rings is 1. The summed E-state index contributed by atoms with van der Waals surface area (Å²) in [6.45, 7) is 3.66. The highest BCUT2D eigenvalue weighted by atomic mass is 79.9. The quantitative estimate of drug-likeness (QED) is 0.783. The highest BCUT2D eigenvalue weighted by Crippen LogP contribution is 2.14. The molecule has 0 saturated carbocycles.